The molecule has 2 aromatic carbocycles. The standard InChI is InChI=1S/C30H32N4O3.ClH/c1-31-11-15-33(16-12-31)21-7-9-25-27(19-21)37-28-20-22(34-17-13-32(2)14-18-34)8-10-26(28)29(25)23-5-3-4-6-24(23)30(35)36;/h3-10,19-20H,11-18H2,1-2H3;1H. The SMILES string of the molecule is CN1CCN(c2ccc3c(-c4ccccc4C(=O)O)c4ccc(=[N+]5CCN(C)CC5)cc-4oc3c2)CC1.[Cl-]. The van der Waals surface area contributed by atoms with Crippen molar-refractivity contribution in [3.8, 4) is 22.5 Å². The zero-order valence-electron chi connectivity index (χ0n) is 21.9. The Kier molecular flexibility index (Phi) is 7.43. The normalized spacial score (nSPS) is 17.1. The number of likely N-dealkylation sites (N-methyl/N-ethyl adjacent to an activating group) is 2. The van der Waals surface area contributed by atoms with E-state index in [1.54, 1.807) is 12.1 Å². The van der Waals surface area contributed by atoms with Gasteiger partial charge in [0.05, 0.1) is 24.7 Å². The van der Waals surface area contributed by atoms with Crippen LogP contribution in [0.15, 0.2) is 65.1 Å². The molecule has 8 heteroatoms. The van der Waals surface area contributed by atoms with Crippen molar-refractivity contribution in [2.75, 3.05) is 71.4 Å². The van der Waals surface area contributed by atoms with E-state index >= 15 is 0 Å². The monoisotopic (exact) mass is 532 g/mol. The van der Waals surface area contributed by atoms with Crippen molar-refractivity contribution >= 4 is 22.6 Å². The summed E-state index contributed by atoms with van der Waals surface area (Å²) in [6, 6.07) is 20.0. The van der Waals surface area contributed by atoms with Crippen LogP contribution in [0.4, 0.5) is 5.69 Å². The number of carbonyl (C=O) groups is 1. The lowest BCUT2D eigenvalue weighted by Crippen LogP contribution is -3.00. The Bertz CT molecular complexity index is 1510. The number of aromatic carboxylic acids is 1. The molecule has 0 radical (unpaired) electrons. The highest BCUT2D eigenvalue weighted by atomic mass is 35.5. The molecule has 6 rings (SSSR count). The van der Waals surface area contributed by atoms with Crippen LogP contribution in [0.1, 0.15) is 10.4 Å². The van der Waals surface area contributed by atoms with Crippen molar-refractivity contribution in [1.82, 2.24) is 14.4 Å². The van der Waals surface area contributed by atoms with Crippen molar-refractivity contribution in [1.29, 1.82) is 0 Å². The second-order valence-electron chi connectivity index (χ2n) is 10.3. The van der Waals surface area contributed by atoms with Crippen LogP contribution in [0, 0.1) is 0 Å². The lowest BCUT2D eigenvalue weighted by atomic mass is 9.90. The molecule has 1 aliphatic carbocycles. The maximum Gasteiger partial charge on any atom is 0.336 e. The van der Waals surface area contributed by atoms with E-state index in [4.69, 9.17) is 4.42 Å². The largest absolute Gasteiger partial charge is 1.00 e. The first-order valence-electron chi connectivity index (χ1n) is 13.0. The highest BCUT2D eigenvalue weighted by Crippen LogP contribution is 2.42. The van der Waals surface area contributed by atoms with Crippen LogP contribution in [-0.2, 0) is 0 Å². The maximum absolute atomic E-state index is 12.2. The van der Waals surface area contributed by atoms with Gasteiger partial charge in [-0.25, -0.2) is 9.37 Å². The number of carboxylic acids is 1. The highest BCUT2D eigenvalue weighted by molar-refractivity contribution is 6.07. The van der Waals surface area contributed by atoms with E-state index < -0.39 is 5.97 Å². The van der Waals surface area contributed by atoms with Gasteiger partial charge in [-0.1, -0.05) is 18.2 Å². The molecule has 198 valence electrons. The molecule has 4 aliphatic rings. The van der Waals surface area contributed by atoms with Gasteiger partial charge in [-0.3, -0.25) is 4.90 Å². The Morgan fingerprint density at radius 3 is 2.29 bits per heavy atom. The van der Waals surface area contributed by atoms with E-state index in [-0.39, 0.29) is 12.4 Å². The molecule has 0 bridgehead atoms. The smallest absolute Gasteiger partial charge is 0.336 e. The Morgan fingerprint density at radius 1 is 0.842 bits per heavy atom. The Balaban J connectivity index is 0.00000294. The van der Waals surface area contributed by atoms with Crippen molar-refractivity contribution in [2.24, 2.45) is 0 Å². The molecule has 0 spiro atoms. The van der Waals surface area contributed by atoms with E-state index in [2.05, 4.69) is 69.8 Å². The van der Waals surface area contributed by atoms with Gasteiger partial charge >= 0.3 is 5.97 Å². The number of halogens is 1. The molecular weight excluding hydrogens is 500 g/mol. The van der Waals surface area contributed by atoms with Gasteiger partial charge in [0.1, 0.15) is 11.3 Å². The lowest BCUT2D eigenvalue weighted by Gasteiger charge is -2.34. The first-order valence-corrected chi connectivity index (χ1v) is 13.0. The number of fused-ring (bicyclic) bond motifs is 2. The Labute approximate surface area is 229 Å². The van der Waals surface area contributed by atoms with Crippen molar-refractivity contribution in [3.63, 3.8) is 0 Å². The summed E-state index contributed by atoms with van der Waals surface area (Å²) in [5.41, 5.74) is 4.74. The van der Waals surface area contributed by atoms with Gasteiger partial charge in [0.2, 0.25) is 5.36 Å². The van der Waals surface area contributed by atoms with Gasteiger partial charge in [-0.15, -0.1) is 0 Å². The third kappa shape index (κ3) is 4.89. The number of hydrogen-bond donors (Lipinski definition) is 1. The molecule has 2 aromatic rings. The second kappa shape index (κ2) is 10.8. The minimum atomic E-state index is -0.930. The van der Waals surface area contributed by atoms with Gasteiger partial charge in [0, 0.05) is 60.5 Å². The molecule has 2 fully saturated rings. The molecule has 0 saturated carbocycles. The summed E-state index contributed by atoms with van der Waals surface area (Å²) in [6.45, 7) is 7.99. The molecular formula is C30H33ClN4O3. The van der Waals surface area contributed by atoms with Gasteiger partial charge in [-0.05, 0) is 43.9 Å². The van der Waals surface area contributed by atoms with Crippen LogP contribution in [0.5, 0.6) is 0 Å². The lowest BCUT2D eigenvalue weighted by molar-refractivity contribution is -0.0000233. The van der Waals surface area contributed by atoms with Crippen LogP contribution in [-0.4, -0.2) is 87.3 Å². The topological polar surface area (TPSA) is 63.2 Å². The molecule has 3 aliphatic heterocycles. The Morgan fingerprint density at radius 2 is 1.55 bits per heavy atom. The fourth-order valence-corrected chi connectivity index (χ4v) is 5.57. The number of hydrogen-bond acceptors (Lipinski definition) is 5. The summed E-state index contributed by atoms with van der Waals surface area (Å²) in [5, 5.41) is 12.1. The number of rotatable bonds is 3. The molecule has 0 amide bonds. The van der Waals surface area contributed by atoms with Crippen LogP contribution in [0.2, 0.25) is 0 Å². The summed E-state index contributed by atoms with van der Waals surface area (Å²) >= 11 is 0. The van der Waals surface area contributed by atoms with E-state index in [1.807, 2.05) is 12.1 Å². The van der Waals surface area contributed by atoms with Crippen molar-refractivity contribution in [2.45, 2.75) is 0 Å². The predicted octanol–water partition coefficient (Wildman–Crippen LogP) is 0.376. The van der Waals surface area contributed by atoms with Gasteiger partial charge in [0.25, 0.3) is 0 Å². The number of carboxylic acid groups (broad SMARTS) is 1. The molecule has 0 atom stereocenters. The number of benzene rings is 3. The average Bonchev–Trinajstić information content (AvgIpc) is 2.92. The van der Waals surface area contributed by atoms with Gasteiger partial charge < -0.3 is 31.7 Å². The van der Waals surface area contributed by atoms with E-state index in [0.717, 1.165) is 91.3 Å². The van der Waals surface area contributed by atoms with Gasteiger partial charge in [-0.2, -0.15) is 0 Å². The molecule has 7 nitrogen and oxygen atoms in total. The van der Waals surface area contributed by atoms with Gasteiger partial charge in [0.15, 0.2) is 13.1 Å². The van der Waals surface area contributed by atoms with Crippen LogP contribution in [0.3, 0.4) is 0 Å². The quantitative estimate of drug-likeness (QED) is 0.304. The first-order chi connectivity index (χ1) is 18.0. The molecule has 0 aromatic heterocycles. The second-order valence-corrected chi connectivity index (χ2v) is 10.3. The van der Waals surface area contributed by atoms with E-state index in [1.165, 1.54) is 0 Å². The molecule has 3 heterocycles. The molecule has 2 saturated heterocycles. The predicted molar refractivity (Wildman–Crippen MR) is 147 cm³/mol. The zero-order chi connectivity index (χ0) is 25.5. The maximum atomic E-state index is 12.2. The fraction of sp³-hybridized carbons (Fsp3) is 0.333. The van der Waals surface area contributed by atoms with Crippen LogP contribution in [0.25, 0.3) is 33.4 Å². The highest BCUT2D eigenvalue weighted by Gasteiger charge is 2.24. The van der Waals surface area contributed by atoms with Crippen LogP contribution < -0.4 is 27.2 Å². The molecule has 1 N–H and O–H groups in total. The van der Waals surface area contributed by atoms with E-state index in [0.29, 0.717) is 11.1 Å². The number of nitrogens with zero attached hydrogens (tertiary/aromatic N) is 4. The fourth-order valence-electron chi connectivity index (χ4n) is 5.57. The third-order valence-electron chi connectivity index (χ3n) is 7.85. The molecule has 38 heavy (non-hydrogen) atoms. The summed E-state index contributed by atoms with van der Waals surface area (Å²) in [5.74, 6) is -0.157. The Hall–Kier alpha value is -3.39. The van der Waals surface area contributed by atoms with Crippen LogP contribution >= 0.6 is 0 Å². The summed E-state index contributed by atoms with van der Waals surface area (Å²) in [6.07, 6.45) is 0. The molecule has 0 unspecified atom stereocenters. The van der Waals surface area contributed by atoms with Crippen molar-refractivity contribution < 1.29 is 26.7 Å². The zero-order valence-corrected chi connectivity index (χ0v) is 22.6. The summed E-state index contributed by atoms with van der Waals surface area (Å²) in [7, 11) is 4.31. The summed E-state index contributed by atoms with van der Waals surface area (Å²) < 4.78 is 8.99. The van der Waals surface area contributed by atoms with Crippen molar-refractivity contribution in [3.05, 3.63) is 71.6 Å². The third-order valence-corrected chi connectivity index (χ3v) is 7.85. The number of piperazine rings is 2. The minimum absolute atomic E-state index is 0. The van der Waals surface area contributed by atoms with E-state index in [9.17, 15) is 9.90 Å². The number of anilines is 1. The summed E-state index contributed by atoms with van der Waals surface area (Å²) in [4.78, 5) is 19.3. The first kappa shape index (κ1) is 26.2. The average molecular weight is 533 g/mol. The minimum Gasteiger partial charge on any atom is -1.00 e.